The van der Waals surface area contributed by atoms with Gasteiger partial charge in [-0.25, -0.2) is 4.79 Å². The van der Waals surface area contributed by atoms with Gasteiger partial charge >= 0.3 is 6.09 Å². The predicted molar refractivity (Wildman–Crippen MR) is 126 cm³/mol. The quantitative estimate of drug-likeness (QED) is 0.738. The minimum absolute atomic E-state index is 0.0120. The maximum absolute atomic E-state index is 14.4. The molecular weight excluding hydrogens is 418 g/mol. The molecule has 1 unspecified atom stereocenters. The third-order valence-electron chi connectivity index (χ3n) is 6.23. The molecule has 0 saturated carbocycles. The smallest absolute Gasteiger partial charge is 0.411 e. The first-order chi connectivity index (χ1) is 15.8. The molecule has 176 valence electrons. The van der Waals surface area contributed by atoms with E-state index in [0.717, 1.165) is 31.5 Å². The average molecular weight is 452 g/mol. The average Bonchev–Trinajstić information content (AvgIpc) is 2.83. The van der Waals surface area contributed by atoms with E-state index in [0.29, 0.717) is 24.5 Å². The summed E-state index contributed by atoms with van der Waals surface area (Å²) in [7, 11) is 0. The van der Waals surface area contributed by atoms with Crippen LogP contribution in [0.25, 0.3) is 11.3 Å². The van der Waals surface area contributed by atoms with Crippen LogP contribution in [0.5, 0.6) is 0 Å². The molecule has 0 aliphatic carbocycles. The zero-order valence-electron chi connectivity index (χ0n) is 19.6. The Bertz CT molecular complexity index is 985. The van der Waals surface area contributed by atoms with Crippen LogP contribution in [0.3, 0.4) is 0 Å². The first kappa shape index (κ1) is 23.3. The molecule has 2 aromatic rings. The highest BCUT2D eigenvalue weighted by molar-refractivity contribution is 5.96. The summed E-state index contributed by atoms with van der Waals surface area (Å²) in [5, 5.41) is 6.70. The number of rotatable bonds is 4. The number of pyridine rings is 2. The van der Waals surface area contributed by atoms with Gasteiger partial charge in [0, 0.05) is 43.5 Å². The molecule has 0 spiro atoms. The number of piperidine rings is 1. The fourth-order valence-corrected chi connectivity index (χ4v) is 4.74. The van der Waals surface area contributed by atoms with Crippen LogP contribution in [0.2, 0.25) is 0 Å². The van der Waals surface area contributed by atoms with E-state index in [9.17, 15) is 9.59 Å². The number of Topliss-reactive ketones (excluding diaryl/α,β-unsaturated/α-hetero) is 1. The second kappa shape index (κ2) is 9.57. The molecule has 8 nitrogen and oxygen atoms in total. The SMILES string of the molecule is CC(C)(C)OC(=O)N1CCNCC1(C(=O)C1CCNCC1)c1ncccc1-c1ccccn1. The van der Waals surface area contributed by atoms with E-state index in [2.05, 4.69) is 15.6 Å². The second-order valence-electron chi connectivity index (χ2n) is 9.67. The second-order valence-corrected chi connectivity index (χ2v) is 9.67. The van der Waals surface area contributed by atoms with Crippen molar-refractivity contribution in [3.05, 3.63) is 48.4 Å². The summed E-state index contributed by atoms with van der Waals surface area (Å²) in [5.41, 5.74) is 0.0478. The molecule has 4 heterocycles. The molecule has 2 N–H and O–H groups in total. The van der Waals surface area contributed by atoms with E-state index in [4.69, 9.17) is 9.72 Å². The van der Waals surface area contributed by atoms with Crippen molar-refractivity contribution in [3.8, 4) is 11.3 Å². The molecule has 4 rings (SSSR count). The van der Waals surface area contributed by atoms with Crippen molar-refractivity contribution in [3.63, 3.8) is 0 Å². The summed E-state index contributed by atoms with van der Waals surface area (Å²) in [5.74, 6) is -0.160. The minimum Gasteiger partial charge on any atom is -0.444 e. The van der Waals surface area contributed by atoms with Crippen molar-refractivity contribution in [2.45, 2.75) is 44.8 Å². The van der Waals surface area contributed by atoms with Crippen molar-refractivity contribution in [2.24, 2.45) is 5.92 Å². The van der Waals surface area contributed by atoms with Gasteiger partial charge in [-0.05, 0) is 71.0 Å². The summed E-state index contributed by atoms with van der Waals surface area (Å²) in [4.78, 5) is 38.7. The van der Waals surface area contributed by atoms with Crippen molar-refractivity contribution in [1.29, 1.82) is 0 Å². The molecule has 2 aromatic heterocycles. The Hall–Kier alpha value is -2.84. The summed E-state index contributed by atoms with van der Waals surface area (Å²) in [6.07, 6.45) is 4.37. The van der Waals surface area contributed by atoms with Gasteiger partial charge in [0.25, 0.3) is 0 Å². The van der Waals surface area contributed by atoms with Gasteiger partial charge in [-0.2, -0.15) is 0 Å². The number of carbonyl (C=O) groups excluding carboxylic acids is 2. The van der Waals surface area contributed by atoms with Gasteiger partial charge in [0.05, 0.1) is 11.4 Å². The maximum atomic E-state index is 14.4. The summed E-state index contributed by atoms with van der Waals surface area (Å²) in [6.45, 7) is 8.28. The van der Waals surface area contributed by atoms with Crippen molar-refractivity contribution >= 4 is 11.9 Å². The summed E-state index contributed by atoms with van der Waals surface area (Å²) < 4.78 is 5.79. The number of nitrogens with zero attached hydrogens (tertiary/aromatic N) is 3. The lowest BCUT2D eigenvalue weighted by Gasteiger charge is -2.47. The number of ether oxygens (including phenoxy) is 1. The molecule has 0 aromatic carbocycles. The Labute approximate surface area is 195 Å². The first-order valence-electron chi connectivity index (χ1n) is 11.7. The van der Waals surface area contributed by atoms with Crippen LogP contribution in [0.4, 0.5) is 4.79 Å². The monoisotopic (exact) mass is 451 g/mol. The van der Waals surface area contributed by atoms with Crippen LogP contribution in [0.15, 0.2) is 42.7 Å². The van der Waals surface area contributed by atoms with Crippen LogP contribution < -0.4 is 10.6 Å². The number of piperazine rings is 1. The number of hydrogen-bond donors (Lipinski definition) is 2. The lowest BCUT2D eigenvalue weighted by molar-refractivity contribution is -0.138. The fourth-order valence-electron chi connectivity index (χ4n) is 4.74. The molecule has 0 radical (unpaired) electrons. The molecule has 1 amide bonds. The Kier molecular flexibility index (Phi) is 6.76. The Balaban J connectivity index is 1.89. The minimum atomic E-state index is -1.28. The highest BCUT2D eigenvalue weighted by atomic mass is 16.6. The third kappa shape index (κ3) is 4.77. The Morgan fingerprint density at radius 1 is 1.03 bits per heavy atom. The molecule has 2 fully saturated rings. The Morgan fingerprint density at radius 2 is 1.79 bits per heavy atom. The van der Waals surface area contributed by atoms with E-state index in [1.165, 1.54) is 0 Å². The first-order valence-corrected chi connectivity index (χ1v) is 11.7. The molecular formula is C25H33N5O3. The van der Waals surface area contributed by atoms with Crippen molar-refractivity contribution in [2.75, 3.05) is 32.7 Å². The summed E-state index contributed by atoms with van der Waals surface area (Å²) in [6, 6.07) is 9.42. The Morgan fingerprint density at radius 3 is 2.48 bits per heavy atom. The zero-order chi connectivity index (χ0) is 23.5. The number of carbonyl (C=O) groups is 2. The molecule has 1 atom stereocenters. The third-order valence-corrected chi connectivity index (χ3v) is 6.23. The molecule has 2 aliphatic heterocycles. The fraction of sp³-hybridized carbons (Fsp3) is 0.520. The molecule has 33 heavy (non-hydrogen) atoms. The van der Waals surface area contributed by atoms with Crippen LogP contribution in [0, 0.1) is 5.92 Å². The number of ketones is 1. The van der Waals surface area contributed by atoms with Gasteiger partial charge in [0.2, 0.25) is 0 Å². The molecule has 0 bridgehead atoms. The van der Waals surface area contributed by atoms with Crippen molar-refractivity contribution in [1.82, 2.24) is 25.5 Å². The number of hydrogen-bond acceptors (Lipinski definition) is 7. The zero-order valence-corrected chi connectivity index (χ0v) is 19.6. The van der Waals surface area contributed by atoms with Gasteiger partial charge in [0.15, 0.2) is 11.3 Å². The number of amides is 1. The van der Waals surface area contributed by atoms with E-state index in [1.54, 1.807) is 17.3 Å². The van der Waals surface area contributed by atoms with E-state index < -0.39 is 17.2 Å². The molecule has 8 heteroatoms. The highest BCUT2D eigenvalue weighted by Gasteiger charge is 2.54. The number of nitrogens with one attached hydrogen (secondary N) is 2. The van der Waals surface area contributed by atoms with Gasteiger partial charge in [0.1, 0.15) is 5.60 Å². The van der Waals surface area contributed by atoms with Gasteiger partial charge in [-0.15, -0.1) is 0 Å². The van der Waals surface area contributed by atoms with E-state index in [1.807, 2.05) is 51.1 Å². The molecule has 2 aliphatic rings. The van der Waals surface area contributed by atoms with E-state index >= 15 is 0 Å². The van der Waals surface area contributed by atoms with Gasteiger partial charge < -0.3 is 15.4 Å². The van der Waals surface area contributed by atoms with Gasteiger partial charge in [-0.1, -0.05) is 6.07 Å². The van der Waals surface area contributed by atoms with Crippen molar-refractivity contribution < 1.29 is 14.3 Å². The largest absolute Gasteiger partial charge is 0.444 e. The predicted octanol–water partition coefficient (Wildman–Crippen LogP) is 2.75. The highest BCUT2D eigenvalue weighted by Crippen LogP contribution is 2.40. The topological polar surface area (TPSA) is 96.5 Å². The van der Waals surface area contributed by atoms with Crippen LogP contribution in [0.1, 0.15) is 39.3 Å². The van der Waals surface area contributed by atoms with Gasteiger partial charge in [-0.3, -0.25) is 19.7 Å². The normalized spacial score (nSPS) is 22.1. The van der Waals surface area contributed by atoms with Crippen LogP contribution >= 0.6 is 0 Å². The van der Waals surface area contributed by atoms with E-state index in [-0.39, 0.29) is 18.2 Å². The summed E-state index contributed by atoms with van der Waals surface area (Å²) >= 11 is 0. The maximum Gasteiger partial charge on any atom is 0.411 e. The van der Waals surface area contributed by atoms with Crippen LogP contribution in [-0.2, 0) is 15.1 Å². The number of aromatic nitrogens is 2. The van der Waals surface area contributed by atoms with Crippen LogP contribution in [-0.4, -0.2) is 65.1 Å². The standard InChI is InChI=1S/C25H33N5O3/c1-24(2,3)33-23(32)30-16-15-27-17-25(30,22(31)18-9-13-26-14-10-18)21-19(7-6-12-29-21)20-8-4-5-11-28-20/h4-8,11-12,18,26-27H,9-10,13-17H2,1-3H3. The molecule has 2 saturated heterocycles. The lowest BCUT2D eigenvalue weighted by atomic mass is 9.75. The lowest BCUT2D eigenvalue weighted by Crippen LogP contribution is -2.67.